The van der Waals surface area contributed by atoms with Crippen LogP contribution in [0.15, 0.2) is 52.9 Å². The number of rotatable bonds is 6. The molecule has 2 aromatic carbocycles. The summed E-state index contributed by atoms with van der Waals surface area (Å²) >= 11 is 3.22. The van der Waals surface area contributed by atoms with E-state index < -0.39 is 12.1 Å². The molecule has 0 aliphatic rings. The number of thioether (sulfide) groups is 1. The number of para-hydroxylation sites is 1. The van der Waals surface area contributed by atoms with Crippen molar-refractivity contribution in [2.75, 3.05) is 14.1 Å². The van der Waals surface area contributed by atoms with Gasteiger partial charge in [0.25, 0.3) is 5.91 Å². The van der Waals surface area contributed by atoms with Crippen molar-refractivity contribution in [3.63, 3.8) is 0 Å². The normalized spacial score (nSPS) is 12.0. The molecule has 0 aliphatic carbocycles. The number of carbonyl (C=O) groups excluding carboxylic acids is 2. The number of ether oxygens (including phenoxy) is 1. The van der Waals surface area contributed by atoms with Crippen LogP contribution >= 0.6 is 23.1 Å². The van der Waals surface area contributed by atoms with Crippen LogP contribution in [0.4, 0.5) is 0 Å². The number of fused-ring (bicyclic) bond motifs is 1. The average molecular weight is 401 g/mol. The molecule has 1 atom stereocenters. The number of thiazole rings is 1. The summed E-state index contributed by atoms with van der Waals surface area (Å²) in [5, 5.41) is 0. The Morgan fingerprint density at radius 2 is 1.85 bits per heavy atom. The van der Waals surface area contributed by atoms with Crippen LogP contribution in [-0.2, 0) is 15.3 Å². The van der Waals surface area contributed by atoms with Gasteiger partial charge in [-0.25, -0.2) is 9.78 Å². The van der Waals surface area contributed by atoms with E-state index in [-0.39, 0.29) is 5.91 Å². The largest absolute Gasteiger partial charge is 0.449 e. The first-order chi connectivity index (χ1) is 13.0. The van der Waals surface area contributed by atoms with Gasteiger partial charge in [0.05, 0.1) is 15.8 Å². The highest BCUT2D eigenvalue weighted by molar-refractivity contribution is 8.00. The van der Waals surface area contributed by atoms with E-state index in [2.05, 4.69) is 4.98 Å². The minimum atomic E-state index is -0.822. The van der Waals surface area contributed by atoms with Crippen molar-refractivity contribution >= 4 is 45.2 Å². The molecule has 1 heterocycles. The summed E-state index contributed by atoms with van der Waals surface area (Å²) in [7, 11) is 3.27. The van der Waals surface area contributed by atoms with Gasteiger partial charge in [-0.2, -0.15) is 0 Å². The smallest absolute Gasteiger partial charge is 0.339 e. The molecule has 0 saturated heterocycles. The molecule has 7 heteroatoms. The van der Waals surface area contributed by atoms with E-state index in [0.717, 1.165) is 20.1 Å². The Labute approximate surface area is 166 Å². The van der Waals surface area contributed by atoms with Crippen molar-refractivity contribution in [2.24, 2.45) is 0 Å². The average Bonchev–Trinajstić information content (AvgIpc) is 3.08. The number of benzene rings is 2. The Hall–Kier alpha value is -2.38. The third-order valence-corrected chi connectivity index (χ3v) is 6.16. The zero-order valence-electron chi connectivity index (χ0n) is 15.3. The van der Waals surface area contributed by atoms with Gasteiger partial charge in [0.2, 0.25) is 0 Å². The summed E-state index contributed by atoms with van der Waals surface area (Å²) in [5.41, 5.74) is 2.31. The van der Waals surface area contributed by atoms with Crippen molar-refractivity contribution in [3.8, 4) is 0 Å². The molecule has 1 amide bonds. The molecule has 0 N–H and O–H groups in total. The van der Waals surface area contributed by atoms with Gasteiger partial charge in [-0.1, -0.05) is 42.1 Å². The van der Waals surface area contributed by atoms with Crippen LogP contribution < -0.4 is 0 Å². The summed E-state index contributed by atoms with van der Waals surface area (Å²) in [6.45, 7) is 1.58. The predicted molar refractivity (Wildman–Crippen MR) is 109 cm³/mol. The Morgan fingerprint density at radius 1 is 1.15 bits per heavy atom. The summed E-state index contributed by atoms with van der Waals surface area (Å²) in [5.74, 6) is -0.135. The molecule has 0 bridgehead atoms. The molecule has 0 spiro atoms. The maximum absolute atomic E-state index is 12.5. The fraction of sp³-hybridized carbons (Fsp3) is 0.250. The number of hydrogen-bond acceptors (Lipinski definition) is 6. The van der Waals surface area contributed by atoms with Crippen molar-refractivity contribution in [1.82, 2.24) is 9.88 Å². The molecule has 0 aliphatic heterocycles. The Bertz CT molecular complexity index is 936. The maximum Gasteiger partial charge on any atom is 0.339 e. The lowest BCUT2D eigenvalue weighted by Crippen LogP contribution is -2.35. The predicted octanol–water partition coefficient (Wildman–Crippen LogP) is 4.22. The second-order valence-corrected chi connectivity index (χ2v) is 8.43. The number of aromatic nitrogens is 1. The number of likely N-dealkylation sites (N-methyl/N-ethyl adjacent to an activating group) is 1. The number of carbonyl (C=O) groups is 2. The van der Waals surface area contributed by atoms with Crippen molar-refractivity contribution in [2.45, 2.75) is 23.1 Å². The fourth-order valence-corrected chi connectivity index (χ4v) is 4.61. The van der Waals surface area contributed by atoms with Crippen LogP contribution in [0.3, 0.4) is 0 Å². The lowest BCUT2D eigenvalue weighted by molar-refractivity contribution is -0.137. The van der Waals surface area contributed by atoms with Gasteiger partial charge >= 0.3 is 5.97 Å². The molecule has 1 aromatic heterocycles. The van der Waals surface area contributed by atoms with Crippen LogP contribution in [0.5, 0.6) is 0 Å². The third-order valence-electron chi connectivity index (χ3n) is 3.94. The first kappa shape index (κ1) is 19.4. The van der Waals surface area contributed by atoms with Gasteiger partial charge in [0, 0.05) is 19.8 Å². The Balaban J connectivity index is 1.71. The van der Waals surface area contributed by atoms with E-state index in [1.54, 1.807) is 56.3 Å². The number of hydrogen-bond donors (Lipinski definition) is 0. The van der Waals surface area contributed by atoms with Gasteiger partial charge in [-0.15, -0.1) is 11.3 Å². The minimum absolute atomic E-state index is 0.246. The third kappa shape index (κ3) is 4.67. The number of esters is 1. The van der Waals surface area contributed by atoms with E-state index in [0.29, 0.717) is 11.3 Å². The van der Waals surface area contributed by atoms with Crippen LogP contribution in [-0.4, -0.2) is 42.0 Å². The van der Waals surface area contributed by atoms with Gasteiger partial charge in [0.1, 0.15) is 0 Å². The second kappa shape index (κ2) is 8.54. The molecular weight excluding hydrogens is 380 g/mol. The van der Waals surface area contributed by atoms with Crippen LogP contribution in [0.25, 0.3) is 10.2 Å². The fourth-order valence-electron chi connectivity index (χ4n) is 2.54. The molecule has 27 heavy (non-hydrogen) atoms. The molecule has 0 unspecified atom stereocenters. The van der Waals surface area contributed by atoms with Gasteiger partial charge in [-0.05, 0) is 30.7 Å². The molecule has 3 aromatic rings. The topological polar surface area (TPSA) is 59.5 Å². The highest BCUT2D eigenvalue weighted by atomic mass is 32.2. The van der Waals surface area contributed by atoms with Crippen molar-refractivity contribution < 1.29 is 14.3 Å². The summed E-state index contributed by atoms with van der Waals surface area (Å²) in [6, 6.07) is 15.3. The highest BCUT2D eigenvalue weighted by Crippen LogP contribution is 2.32. The van der Waals surface area contributed by atoms with E-state index in [9.17, 15) is 9.59 Å². The maximum atomic E-state index is 12.5. The molecule has 0 saturated carbocycles. The van der Waals surface area contributed by atoms with Crippen LogP contribution in [0.1, 0.15) is 22.8 Å². The monoisotopic (exact) mass is 400 g/mol. The quantitative estimate of drug-likeness (QED) is 0.458. The molecule has 140 valence electrons. The molecular formula is C20H20N2O3S2. The van der Waals surface area contributed by atoms with E-state index in [4.69, 9.17) is 4.74 Å². The first-order valence-electron chi connectivity index (χ1n) is 8.44. The van der Waals surface area contributed by atoms with Crippen molar-refractivity contribution in [3.05, 3.63) is 59.7 Å². The lowest BCUT2D eigenvalue weighted by atomic mass is 10.1. The van der Waals surface area contributed by atoms with Gasteiger partial charge < -0.3 is 9.64 Å². The highest BCUT2D eigenvalue weighted by Gasteiger charge is 2.22. The van der Waals surface area contributed by atoms with Crippen LogP contribution in [0, 0.1) is 0 Å². The standard InChI is InChI=1S/C20H20N2O3S2/c1-13(18(23)22(2)3)25-19(24)15-9-5-4-8-14(15)12-26-20-21-16-10-6-7-11-17(16)27-20/h4-11,13H,12H2,1-3H3/t13-/m0/s1. The first-order valence-corrected chi connectivity index (χ1v) is 10.2. The zero-order valence-corrected chi connectivity index (χ0v) is 17.0. The minimum Gasteiger partial charge on any atom is -0.449 e. The van der Waals surface area contributed by atoms with Gasteiger partial charge in [0.15, 0.2) is 10.4 Å². The van der Waals surface area contributed by atoms with E-state index in [1.807, 2.05) is 36.4 Å². The second-order valence-electron chi connectivity index (χ2n) is 6.17. The van der Waals surface area contributed by atoms with E-state index >= 15 is 0 Å². The molecule has 5 nitrogen and oxygen atoms in total. The SMILES string of the molecule is C[C@H](OC(=O)c1ccccc1CSc1nc2ccccc2s1)C(=O)N(C)C. The number of nitrogens with zero attached hydrogens (tertiary/aromatic N) is 2. The number of amides is 1. The Kier molecular flexibility index (Phi) is 6.13. The Morgan fingerprint density at radius 3 is 2.59 bits per heavy atom. The summed E-state index contributed by atoms with van der Waals surface area (Å²) in [6.07, 6.45) is -0.822. The van der Waals surface area contributed by atoms with E-state index in [1.165, 1.54) is 4.90 Å². The summed E-state index contributed by atoms with van der Waals surface area (Å²) < 4.78 is 7.44. The molecule has 3 rings (SSSR count). The molecule has 0 radical (unpaired) electrons. The molecule has 0 fully saturated rings. The van der Waals surface area contributed by atoms with Crippen LogP contribution in [0.2, 0.25) is 0 Å². The van der Waals surface area contributed by atoms with Crippen molar-refractivity contribution in [1.29, 1.82) is 0 Å². The lowest BCUT2D eigenvalue weighted by Gasteiger charge is -2.18. The zero-order chi connectivity index (χ0) is 19.4. The summed E-state index contributed by atoms with van der Waals surface area (Å²) in [4.78, 5) is 30.5. The van der Waals surface area contributed by atoms with Gasteiger partial charge in [-0.3, -0.25) is 4.79 Å².